The molecule has 0 radical (unpaired) electrons. The van der Waals surface area contributed by atoms with Crippen molar-refractivity contribution in [3.05, 3.63) is 0 Å². The van der Waals surface area contributed by atoms with E-state index >= 15 is 0 Å². The Morgan fingerprint density at radius 1 is 1.17 bits per heavy atom. The molecular formula is C11H21N. The zero-order valence-corrected chi connectivity index (χ0v) is 8.59. The number of rotatable bonds is 1. The van der Waals surface area contributed by atoms with E-state index in [2.05, 4.69) is 25.7 Å². The van der Waals surface area contributed by atoms with Gasteiger partial charge < -0.3 is 4.90 Å². The molecule has 0 aromatic heterocycles. The van der Waals surface area contributed by atoms with Gasteiger partial charge in [-0.05, 0) is 44.4 Å². The molecule has 12 heavy (non-hydrogen) atoms. The summed E-state index contributed by atoms with van der Waals surface area (Å²) in [5.41, 5.74) is 0. The SMILES string of the molecule is CC(C)N1C[C@H]2C[C@@H](C1)[C@H](C)C2. The second-order valence-corrected chi connectivity index (χ2v) is 5.12. The third-order valence-corrected chi connectivity index (χ3v) is 3.84. The molecule has 0 N–H and O–H groups in total. The maximum absolute atomic E-state index is 2.67. The van der Waals surface area contributed by atoms with Gasteiger partial charge in [0.05, 0.1) is 0 Å². The summed E-state index contributed by atoms with van der Waals surface area (Å²) in [6.45, 7) is 9.84. The molecule has 1 saturated heterocycles. The molecule has 70 valence electrons. The molecule has 1 heterocycles. The van der Waals surface area contributed by atoms with Crippen molar-refractivity contribution >= 4 is 0 Å². The molecule has 3 atom stereocenters. The van der Waals surface area contributed by atoms with Gasteiger partial charge in [0, 0.05) is 19.1 Å². The summed E-state index contributed by atoms with van der Waals surface area (Å²) in [5, 5.41) is 0. The van der Waals surface area contributed by atoms with E-state index in [-0.39, 0.29) is 0 Å². The number of hydrogen-bond donors (Lipinski definition) is 0. The molecular weight excluding hydrogens is 146 g/mol. The van der Waals surface area contributed by atoms with Gasteiger partial charge >= 0.3 is 0 Å². The first-order valence-electron chi connectivity index (χ1n) is 5.41. The van der Waals surface area contributed by atoms with Crippen LogP contribution >= 0.6 is 0 Å². The fourth-order valence-electron chi connectivity index (χ4n) is 3.01. The fourth-order valence-corrected chi connectivity index (χ4v) is 3.01. The summed E-state index contributed by atoms with van der Waals surface area (Å²) in [6.07, 6.45) is 3.01. The Kier molecular flexibility index (Phi) is 2.16. The molecule has 1 aliphatic carbocycles. The third-order valence-electron chi connectivity index (χ3n) is 3.84. The minimum Gasteiger partial charge on any atom is -0.300 e. The summed E-state index contributed by atoms with van der Waals surface area (Å²) in [4.78, 5) is 2.67. The summed E-state index contributed by atoms with van der Waals surface area (Å²) in [6, 6.07) is 0.764. The van der Waals surface area contributed by atoms with Gasteiger partial charge in [-0.3, -0.25) is 0 Å². The number of piperidine rings is 1. The average Bonchev–Trinajstić information content (AvgIpc) is 2.26. The first kappa shape index (κ1) is 8.55. The van der Waals surface area contributed by atoms with Crippen LogP contribution in [0.15, 0.2) is 0 Å². The number of likely N-dealkylation sites (tertiary alicyclic amines) is 1. The molecule has 2 fully saturated rings. The van der Waals surface area contributed by atoms with Crippen molar-refractivity contribution in [3.8, 4) is 0 Å². The maximum atomic E-state index is 2.67. The smallest absolute Gasteiger partial charge is 0.00388 e. The van der Waals surface area contributed by atoms with Crippen LogP contribution in [0.25, 0.3) is 0 Å². The van der Waals surface area contributed by atoms with Crippen molar-refractivity contribution in [1.82, 2.24) is 4.90 Å². The Balaban J connectivity index is 2.01. The van der Waals surface area contributed by atoms with Crippen molar-refractivity contribution in [2.75, 3.05) is 13.1 Å². The van der Waals surface area contributed by atoms with Crippen LogP contribution in [-0.4, -0.2) is 24.0 Å². The van der Waals surface area contributed by atoms with Crippen LogP contribution < -0.4 is 0 Å². The molecule has 0 amide bonds. The molecule has 1 nitrogen and oxygen atoms in total. The Labute approximate surface area is 76.1 Å². The van der Waals surface area contributed by atoms with E-state index in [9.17, 15) is 0 Å². The Morgan fingerprint density at radius 2 is 1.92 bits per heavy atom. The highest BCUT2D eigenvalue weighted by molar-refractivity contribution is 4.90. The van der Waals surface area contributed by atoms with Crippen LogP contribution in [0.4, 0.5) is 0 Å². The lowest BCUT2D eigenvalue weighted by Gasteiger charge is -2.35. The second kappa shape index (κ2) is 3.02. The van der Waals surface area contributed by atoms with Crippen LogP contribution in [0.3, 0.4) is 0 Å². The monoisotopic (exact) mass is 167 g/mol. The highest BCUT2D eigenvalue weighted by Gasteiger charge is 2.38. The van der Waals surface area contributed by atoms with E-state index in [1.165, 1.54) is 25.9 Å². The van der Waals surface area contributed by atoms with E-state index in [0.717, 1.165) is 23.8 Å². The van der Waals surface area contributed by atoms with E-state index in [0.29, 0.717) is 0 Å². The van der Waals surface area contributed by atoms with E-state index < -0.39 is 0 Å². The van der Waals surface area contributed by atoms with Gasteiger partial charge in [0.1, 0.15) is 0 Å². The first-order valence-corrected chi connectivity index (χ1v) is 5.41. The van der Waals surface area contributed by atoms with Gasteiger partial charge in [-0.15, -0.1) is 0 Å². The average molecular weight is 167 g/mol. The Hall–Kier alpha value is -0.0400. The molecule has 2 rings (SSSR count). The minimum absolute atomic E-state index is 0.764. The van der Waals surface area contributed by atoms with Crippen LogP contribution in [0.5, 0.6) is 0 Å². The predicted octanol–water partition coefficient (Wildman–Crippen LogP) is 2.37. The third kappa shape index (κ3) is 1.39. The topological polar surface area (TPSA) is 3.24 Å². The van der Waals surface area contributed by atoms with Gasteiger partial charge in [-0.1, -0.05) is 6.92 Å². The van der Waals surface area contributed by atoms with Crippen molar-refractivity contribution < 1.29 is 0 Å². The quantitative estimate of drug-likeness (QED) is 0.579. The summed E-state index contributed by atoms with van der Waals surface area (Å²) in [7, 11) is 0. The summed E-state index contributed by atoms with van der Waals surface area (Å²) in [5.74, 6) is 3.05. The molecule has 1 heteroatoms. The largest absolute Gasteiger partial charge is 0.300 e. The first-order chi connectivity index (χ1) is 5.66. The van der Waals surface area contributed by atoms with Crippen molar-refractivity contribution in [3.63, 3.8) is 0 Å². The van der Waals surface area contributed by atoms with Crippen LogP contribution in [0.1, 0.15) is 33.6 Å². The lowest BCUT2D eigenvalue weighted by molar-refractivity contribution is 0.128. The molecule has 0 aromatic carbocycles. The molecule has 1 aliphatic heterocycles. The van der Waals surface area contributed by atoms with E-state index in [1.807, 2.05) is 0 Å². The normalized spacial score (nSPS) is 42.5. The summed E-state index contributed by atoms with van der Waals surface area (Å²) < 4.78 is 0. The minimum atomic E-state index is 0.764. The van der Waals surface area contributed by atoms with Crippen LogP contribution in [-0.2, 0) is 0 Å². The van der Waals surface area contributed by atoms with Crippen molar-refractivity contribution in [2.45, 2.75) is 39.7 Å². The number of nitrogens with zero attached hydrogens (tertiary/aromatic N) is 1. The van der Waals surface area contributed by atoms with Gasteiger partial charge in [0.2, 0.25) is 0 Å². The maximum Gasteiger partial charge on any atom is 0.00388 e. The molecule has 1 saturated carbocycles. The van der Waals surface area contributed by atoms with Gasteiger partial charge in [-0.2, -0.15) is 0 Å². The fraction of sp³-hybridized carbons (Fsp3) is 1.00. The lowest BCUT2D eigenvalue weighted by Crippen LogP contribution is -2.41. The Bertz CT molecular complexity index is 162. The van der Waals surface area contributed by atoms with Gasteiger partial charge in [-0.25, -0.2) is 0 Å². The van der Waals surface area contributed by atoms with E-state index in [4.69, 9.17) is 0 Å². The van der Waals surface area contributed by atoms with Crippen molar-refractivity contribution in [1.29, 1.82) is 0 Å². The molecule has 0 unspecified atom stereocenters. The van der Waals surface area contributed by atoms with Gasteiger partial charge in [0.15, 0.2) is 0 Å². The molecule has 2 bridgehead atoms. The van der Waals surface area contributed by atoms with Crippen LogP contribution in [0.2, 0.25) is 0 Å². The summed E-state index contributed by atoms with van der Waals surface area (Å²) >= 11 is 0. The highest BCUT2D eigenvalue weighted by atomic mass is 15.2. The second-order valence-electron chi connectivity index (χ2n) is 5.12. The molecule has 2 aliphatic rings. The van der Waals surface area contributed by atoms with E-state index in [1.54, 1.807) is 0 Å². The zero-order valence-electron chi connectivity index (χ0n) is 8.59. The lowest BCUT2D eigenvalue weighted by atomic mass is 9.95. The van der Waals surface area contributed by atoms with Crippen LogP contribution in [0, 0.1) is 17.8 Å². The molecule has 0 aromatic rings. The highest BCUT2D eigenvalue weighted by Crippen LogP contribution is 2.41. The predicted molar refractivity (Wildman–Crippen MR) is 52.1 cm³/mol. The number of hydrogen-bond acceptors (Lipinski definition) is 1. The standard InChI is InChI=1S/C11H21N/c1-8(2)12-6-10-4-9(3)11(5-10)7-12/h8-11H,4-7H2,1-3H3/t9-,10-,11+/m1/s1. The zero-order chi connectivity index (χ0) is 8.72. The van der Waals surface area contributed by atoms with Gasteiger partial charge in [0.25, 0.3) is 0 Å². The Morgan fingerprint density at radius 3 is 2.50 bits per heavy atom. The van der Waals surface area contributed by atoms with Crippen molar-refractivity contribution in [2.24, 2.45) is 17.8 Å². The molecule has 0 spiro atoms. The number of fused-ring (bicyclic) bond motifs is 2.